The van der Waals surface area contributed by atoms with Gasteiger partial charge in [-0.2, -0.15) is 5.26 Å². The Balaban J connectivity index is 3.03. The van der Waals surface area contributed by atoms with Gasteiger partial charge in [-0.05, 0) is 32.0 Å². The van der Waals surface area contributed by atoms with Gasteiger partial charge in [-0.3, -0.25) is 0 Å². The van der Waals surface area contributed by atoms with E-state index in [9.17, 15) is 12.8 Å². The molecule has 0 fully saturated rings. The normalized spacial score (nSPS) is 12.2. The van der Waals surface area contributed by atoms with E-state index >= 15 is 0 Å². The number of rotatable bonds is 4. The fourth-order valence-corrected chi connectivity index (χ4v) is 2.37. The van der Waals surface area contributed by atoms with Crippen LogP contribution >= 0.6 is 0 Å². The fourth-order valence-electron chi connectivity index (χ4n) is 1.12. The highest BCUT2D eigenvalue weighted by Crippen LogP contribution is 2.14. The zero-order valence-corrected chi connectivity index (χ0v) is 10.9. The van der Waals surface area contributed by atoms with Crippen LogP contribution in [-0.2, 0) is 10.0 Å². The molecule has 5 nitrogen and oxygen atoms in total. The lowest BCUT2D eigenvalue weighted by Crippen LogP contribution is -2.45. The molecule has 0 radical (unpaired) electrons. The molecule has 0 aliphatic heterocycles. The van der Waals surface area contributed by atoms with Crippen LogP contribution in [0, 0.1) is 17.1 Å². The molecule has 3 N–H and O–H groups in total. The molecule has 0 amide bonds. The summed E-state index contributed by atoms with van der Waals surface area (Å²) in [6.45, 7) is 3.37. The number of benzene rings is 1. The highest BCUT2D eigenvalue weighted by molar-refractivity contribution is 7.89. The fraction of sp³-hybridized carbons (Fsp3) is 0.364. The summed E-state index contributed by atoms with van der Waals surface area (Å²) in [5.41, 5.74) is 4.64. The van der Waals surface area contributed by atoms with E-state index in [0.717, 1.165) is 18.2 Å². The number of nitrogens with two attached hydrogens (primary N) is 1. The third-order valence-electron chi connectivity index (χ3n) is 2.09. The lowest BCUT2D eigenvalue weighted by atomic mass is 10.1. The van der Waals surface area contributed by atoms with Crippen molar-refractivity contribution >= 4 is 10.0 Å². The Labute approximate surface area is 105 Å². The second kappa shape index (κ2) is 5.02. The van der Waals surface area contributed by atoms with Crippen molar-refractivity contribution in [2.24, 2.45) is 5.73 Å². The van der Waals surface area contributed by atoms with E-state index in [1.807, 2.05) is 0 Å². The molecule has 1 aromatic rings. The van der Waals surface area contributed by atoms with E-state index in [1.54, 1.807) is 19.9 Å². The Kier molecular flexibility index (Phi) is 4.06. The van der Waals surface area contributed by atoms with Gasteiger partial charge in [-0.1, -0.05) is 0 Å². The van der Waals surface area contributed by atoms with Gasteiger partial charge in [0, 0.05) is 12.1 Å². The van der Waals surface area contributed by atoms with Gasteiger partial charge in [0.15, 0.2) is 0 Å². The number of sulfonamides is 1. The van der Waals surface area contributed by atoms with Crippen molar-refractivity contribution in [1.29, 1.82) is 5.26 Å². The van der Waals surface area contributed by atoms with Gasteiger partial charge in [-0.25, -0.2) is 17.5 Å². The SMILES string of the molecule is CC(C)(N)CNS(=O)(=O)c1ccc(F)c(C#N)c1. The second-order valence-corrected chi connectivity index (χ2v) is 6.33. The smallest absolute Gasteiger partial charge is 0.240 e. The van der Waals surface area contributed by atoms with Gasteiger partial charge in [0.2, 0.25) is 10.0 Å². The largest absolute Gasteiger partial charge is 0.324 e. The van der Waals surface area contributed by atoms with E-state index in [2.05, 4.69) is 4.72 Å². The molecule has 0 aliphatic carbocycles. The summed E-state index contributed by atoms with van der Waals surface area (Å²) in [6.07, 6.45) is 0. The topological polar surface area (TPSA) is 96.0 Å². The summed E-state index contributed by atoms with van der Waals surface area (Å²) in [5, 5.41) is 8.64. The molecular formula is C11H14FN3O2S. The van der Waals surface area contributed by atoms with E-state index in [-0.39, 0.29) is 17.0 Å². The average molecular weight is 271 g/mol. The second-order valence-electron chi connectivity index (χ2n) is 4.57. The van der Waals surface area contributed by atoms with Crippen LogP contribution < -0.4 is 10.5 Å². The van der Waals surface area contributed by atoms with Crippen molar-refractivity contribution in [2.45, 2.75) is 24.3 Å². The van der Waals surface area contributed by atoms with Crippen molar-refractivity contribution < 1.29 is 12.8 Å². The van der Waals surface area contributed by atoms with Gasteiger partial charge in [0.25, 0.3) is 0 Å². The Morgan fingerprint density at radius 2 is 2.11 bits per heavy atom. The minimum Gasteiger partial charge on any atom is -0.324 e. The van der Waals surface area contributed by atoms with Crippen molar-refractivity contribution in [1.82, 2.24) is 4.72 Å². The van der Waals surface area contributed by atoms with Crippen molar-refractivity contribution in [3.8, 4) is 6.07 Å². The van der Waals surface area contributed by atoms with Gasteiger partial charge in [0.05, 0.1) is 10.5 Å². The van der Waals surface area contributed by atoms with Crippen LogP contribution in [0.2, 0.25) is 0 Å². The van der Waals surface area contributed by atoms with E-state index in [1.165, 1.54) is 0 Å². The molecular weight excluding hydrogens is 257 g/mol. The average Bonchev–Trinajstić information content (AvgIpc) is 2.26. The molecule has 7 heteroatoms. The van der Waals surface area contributed by atoms with E-state index in [4.69, 9.17) is 11.0 Å². The molecule has 1 aromatic carbocycles. The summed E-state index contributed by atoms with van der Waals surface area (Å²) in [6, 6.07) is 4.62. The summed E-state index contributed by atoms with van der Waals surface area (Å²) in [5.74, 6) is -0.754. The summed E-state index contributed by atoms with van der Waals surface area (Å²) < 4.78 is 39.1. The predicted octanol–water partition coefficient (Wildman–Crippen LogP) is 0.713. The van der Waals surface area contributed by atoms with Crippen LogP contribution in [-0.4, -0.2) is 20.5 Å². The summed E-state index contributed by atoms with van der Waals surface area (Å²) in [4.78, 5) is -0.162. The lowest BCUT2D eigenvalue weighted by Gasteiger charge is -2.18. The standard InChI is InChI=1S/C11H14FN3O2S/c1-11(2,14)7-15-18(16,17)9-3-4-10(12)8(5-9)6-13/h3-5,15H,7,14H2,1-2H3. The molecule has 0 aliphatic rings. The number of nitrogens with one attached hydrogen (secondary N) is 1. The minimum atomic E-state index is -3.79. The zero-order valence-electron chi connectivity index (χ0n) is 10.1. The Bertz CT molecular complexity index is 585. The first kappa shape index (κ1) is 14.6. The molecule has 0 heterocycles. The van der Waals surface area contributed by atoms with Crippen molar-refractivity contribution in [3.05, 3.63) is 29.6 Å². The number of nitrogens with zero attached hydrogens (tertiary/aromatic N) is 1. The van der Waals surface area contributed by atoms with Gasteiger partial charge in [-0.15, -0.1) is 0 Å². The zero-order chi connectivity index (χ0) is 14.0. The van der Waals surface area contributed by atoms with Crippen LogP contribution in [0.4, 0.5) is 4.39 Å². The number of nitriles is 1. The van der Waals surface area contributed by atoms with E-state index in [0.29, 0.717) is 0 Å². The monoisotopic (exact) mass is 271 g/mol. The molecule has 18 heavy (non-hydrogen) atoms. The molecule has 0 unspecified atom stereocenters. The number of hydrogen-bond acceptors (Lipinski definition) is 4. The maximum Gasteiger partial charge on any atom is 0.240 e. The molecule has 0 saturated carbocycles. The molecule has 98 valence electrons. The maximum atomic E-state index is 13.1. The lowest BCUT2D eigenvalue weighted by molar-refractivity contribution is 0.498. The summed E-state index contributed by atoms with van der Waals surface area (Å²) >= 11 is 0. The van der Waals surface area contributed by atoms with Gasteiger partial charge >= 0.3 is 0 Å². The minimum absolute atomic E-state index is 0.0363. The van der Waals surface area contributed by atoms with Crippen LogP contribution in [0.3, 0.4) is 0 Å². The van der Waals surface area contributed by atoms with Crippen molar-refractivity contribution in [2.75, 3.05) is 6.54 Å². The number of halogens is 1. The molecule has 0 atom stereocenters. The third kappa shape index (κ3) is 3.77. The molecule has 1 rings (SSSR count). The van der Waals surface area contributed by atoms with Gasteiger partial charge in [0.1, 0.15) is 11.9 Å². The first-order chi connectivity index (χ1) is 8.15. The highest BCUT2D eigenvalue weighted by Gasteiger charge is 2.19. The Morgan fingerprint density at radius 3 is 2.61 bits per heavy atom. The molecule has 0 spiro atoms. The quantitative estimate of drug-likeness (QED) is 0.843. The highest BCUT2D eigenvalue weighted by atomic mass is 32.2. The Morgan fingerprint density at radius 1 is 1.50 bits per heavy atom. The maximum absolute atomic E-state index is 13.1. The third-order valence-corrected chi connectivity index (χ3v) is 3.49. The van der Waals surface area contributed by atoms with Crippen LogP contribution in [0.5, 0.6) is 0 Å². The number of hydrogen-bond donors (Lipinski definition) is 2. The van der Waals surface area contributed by atoms with Crippen molar-refractivity contribution in [3.63, 3.8) is 0 Å². The first-order valence-corrected chi connectivity index (χ1v) is 6.62. The molecule has 0 aromatic heterocycles. The summed E-state index contributed by atoms with van der Waals surface area (Å²) in [7, 11) is -3.79. The predicted molar refractivity (Wildman–Crippen MR) is 64.6 cm³/mol. The van der Waals surface area contributed by atoms with Crippen LogP contribution in [0.1, 0.15) is 19.4 Å². The first-order valence-electron chi connectivity index (χ1n) is 5.14. The molecule has 0 bridgehead atoms. The van der Waals surface area contributed by atoms with E-state index < -0.39 is 21.4 Å². The van der Waals surface area contributed by atoms with Crippen LogP contribution in [0.15, 0.2) is 23.1 Å². The van der Waals surface area contributed by atoms with Gasteiger partial charge < -0.3 is 5.73 Å². The Hall–Kier alpha value is -1.49. The van der Waals surface area contributed by atoms with Crippen LogP contribution in [0.25, 0.3) is 0 Å². The molecule has 0 saturated heterocycles.